The molecule has 8 heteroatoms. The summed E-state index contributed by atoms with van der Waals surface area (Å²) in [5, 5.41) is 2.10. The molecule has 0 radical (unpaired) electrons. The monoisotopic (exact) mass is 499 g/mol. The Morgan fingerprint density at radius 1 is 1.17 bits per heavy atom. The number of aryl methyl sites for hydroxylation is 2. The topological polar surface area (TPSA) is 39.2 Å². The molecule has 3 aromatic rings. The van der Waals surface area contributed by atoms with Crippen molar-refractivity contribution in [2.75, 3.05) is 7.11 Å². The Bertz CT molecular complexity index is 985. The minimum absolute atomic E-state index is 0.169. The highest BCUT2D eigenvalue weighted by Crippen LogP contribution is 2.31. The standard InChI is InChI=1S/C14H12F3NO2S.C8H9Br/c1-8-3-4-10(14(15,16)17)5-9(8)6-12-18-11(7-21-12)13(19)20-2;1-2-7-3-5-8(9)6-4-7/h3-5,7H,6H2,1-2H3;3-6H,2H2,1H3. The number of halogens is 4. The van der Waals surface area contributed by atoms with Gasteiger partial charge in [0.05, 0.1) is 17.7 Å². The molecule has 0 spiro atoms. The zero-order valence-corrected chi connectivity index (χ0v) is 19.1. The molecule has 1 heterocycles. The van der Waals surface area contributed by atoms with Crippen molar-refractivity contribution < 1.29 is 22.7 Å². The molecule has 0 aliphatic rings. The molecule has 0 aliphatic carbocycles. The van der Waals surface area contributed by atoms with Crippen molar-refractivity contribution in [3.63, 3.8) is 0 Å². The van der Waals surface area contributed by atoms with Crippen molar-refractivity contribution in [1.29, 1.82) is 0 Å². The van der Waals surface area contributed by atoms with Crippen LogP contribution in [0.15, 0.2) is 52.3 Å². The SMILES string of the molecule is CCc1ccc(Br)cc1.COC(=O)c1csc(Cc2cc(C(F)(F)F)ccc2C)n1. The van der Waals surface area contributed by atoms with Gasteiger partial charge in [-0.05, 0) is 54.3 Å². The summed E-state index contributed by atoms with van der Waals surface area (Å²) in [7, 11) is 1.25. The van der Waals surface area contributed by atoms with Gasteiger partial charge in [0.25, 0.3) is 0 Å². The third-order valence-electron chi connectivity index (χ3n) is 4.29. The van der Waals surface area contributed by atoms with Gasteiger partial charge in [-0.2, -0.15) is 13.2 Å². The molecule has 3 nitrogen and oxygen atoms in total. The first-order chi connectivity index (χ1) is 14.1. The van der Waals surface area contributed by atoms with E-state index in [2.05, 4.69) is 56.8 Å². The Morgan fingerprint density at radius 2 is 1.83 bits per heavy atom. The van der Waals surface area contributed by atoms with Gasteiger partial charge in [0.2, 0.25) is 0 Å². The molecule has 0 unspecified atom stereocenters. The Balaban J connectivity index is 0.000000297. The average molecular weight is 500 g/mol. The van der Waals surface area contributed by atoms with Crippen LogP contribution in [0.25, 0.3) is 0 Å². The fourth-order valence-corrected chi connectivity index (χ4v) is 3.56. The lowest BCUT2D eigenvalue weighted by molar-refractivity contribution is -0.137. The van der Waals surface area contributed by atoms with Gasteiger partial charge in [0.1, 0.15) is 0 Å². The van der Waals surface area contributed by atoms with Crippen LogP contribution in [0.3, 0.4) is 0 Å². The fourth-order valence-electron chi connectivity index (χ4n) is 2.51. The van der Waals surface area contributed by atoms with Gasteiger partial charge in [-0.25, -0.2) is 9.78 Å². The van der Waals surface area contributed by atoms with E-state index >= 15 is 0 Å². The van der Waals surface area contributed by atoms with Crippen molar-refractivity contribution in [2.24, 2.45) is 0 Å². The number of thiazole rings is 1. The number of hydrogen-bond acceptors (Lipinski definition) is 4. The second kappa shape index (κ2) is 10.7. The van der Waals surface area contributed by atoms with E-state index in [0.717, 1.165) is 28.6 Å². The molecule has 2 aromatic carbocycles. The number of alkyl halides is 3. The highest BCUT2D eigenvalue weighted by molar-refractivity contribution is 9.10. The van der Waals surface area contributed by atoms with Crippen LogP contribution >= 0.6 is 27.3 Å². The van der Waals surface area contributed by atoms with Gasteiger partial charge in [-0.1, -0.05) is 41.1 Å². The van der Waals surface area contributed by atoms with Crippen LogP contribution in [-0.4, -0.2) is 18.1 Å². The van der Waals surface area contributed by atoms with Gasteiger partial charge in [0, 0.05) is 16.3 Å². The summed E-state index contributed by atoms with van der Waals surface area (Å²) >= 11 is 4.59. The molecule has 0 atom stereocenters. The maximum absolute atomic E-state index is 12.7. The summed E-state index contributed by atoms with van der Waals surface area (Å²) in [5.41, 5.74) is 2.15. The van der Waals surface area contributed by atoms with Gasteiger partial charge in [-0.15, -0.1) is 11.3 Å². The van der Waals surface area contributed by atoms with Gasteiger partial charge in [-0.3, -0.25) is 0 Å². The molecular weight excluding hydrogens is 479 g/mol. The first-order valence-electron chi connectivity index (χ1n) is 9.08. The van der Waals surface area contributed by atoms with Crippen LogP contribution in [0, 0.1) is 6.92 Å². The van der Waals surface area contributed by atoms with Crippen molar-refractivity contribution in [2.45, 2.75) is 32.9 Å². The number of methoxy groups -OCH3 is 1. The lowest BCUT2D eigenvalue weighted by Gasteiger charge is -2.10. The molecule has 0 saturated heterocycles. The molecule has 0 N–H and O–H groups in total. The third-order valence-corrected chi connectivity index (χ3v) is 5.66. The predicted octanol–water partition coefficient (Wildman–Crippen LogP) is 6.86. The maximum Gasteiger partial charge on any atom is 0.416 e. The van der Waals surface area contributed by atoms with E-state index < -0.39 is 17.7 Å². The Labute approximate surface area is 186 Å². The molecule has 3 rings (SSSR count). The van der Waals surface area contributed by atoms with Crippen molar-refractivity contribution in [3.05, 3.63) is 85.3 Å². The zero-order valence-electron chi connectivity index (χ0n) is 16.7. The summed E-state index contributed by atoms with van der Waals surface area (Å²) in [5.74, 6) is -0.557. The van der Waals surface area contributed by atoms with Crippen LogP contribution in [0.5, 0.6) is 0 Å². The van der Waals surface area contributed by atoms with E-state index in [4.69, 9.17) is 0 Å². The zero-order chi connectivity index (χ0) is 22.3. The normalized spacial score (nSPS) is 10.9. The number of aromatic nitrogens is 1. The number of hydrogen-bond donors (Lipinski definition) is 0. The third kappa shape index (κ3) is 6.95. The quantitative estimate of drug-likeness (QED) is 0.368. The lowest BCUT2D eigenvalue weighted by Crippen LogP contribution is -2.06. The average Bonchev–Trinajstić information content (AvgIpc) is 3.18. The van der Waals surface area contributed by atoms with Gasteiger partial charge in [0.15, 0.2) is 5.69 Å². The van der Waals surface area contributed by atoms with Crippen molar-refractivity contribution in [1.82, 2.24) is 4.98 Å². The minimum atomic E-state index is -4.37. The summed E-state index contributed by atoms with van der Waals surface area (Å²) in [4.78, 5) is 15.4. The van der Waals surface area contributed by atoms with Crippen LogP contribution in [0.1, 0.15) is 44.7 Å². The molecule has 0 aliphatic heterocycles. The summed E-state index contributed by atoms with van der Waals surface area (Å²) in [6.45, 7) is 3.90. The number of rotatable bonds is 4. The Kier molecular flexibility index (Phi) is 8.61. The number of carbonyl (C=O) groups is 1. The summed E-state index contributed by atoms with van der Waals surface area (Å²) < 4.78 is 43.9. The van der Waals surface area contributed by atoms with E-state index in [1.165, 1.54) is 35.5 Å². The number of benzene rings is 2. The number of carbonyl (C=O) groups excluding carboxylic acids is 1. The molecule has 30 heavy (non-hydrogen) atoms. The van der Waals surface area contributed by atoms with Crippen LogP contribution in [0.4, 0.5) is 13.2 Å². The minimum Gasteiger partial charge on any atom is -0.464 e. The number of ether oxygens (including phenoxy) is 1. The fraction of sp³-hybridized carbons (Fsp3) is 0.273. The molecule has 0 fully saturated rings. The number of esters is 1. The highest BCUT2D eigenvalue weighted by atomic mass is 79.9. The maximum atomic E-state index is 12.7. The Hall–Kier alpha value is -2.19. The van der Waals surface area contributed by atoms with Crippen LogP contribution in [0.2, 0.25) is 0 Å². The van der Waals surface area contributed by atoms with Crippen LogP contribution < -0.4 is 0 Å². The molecule has 0 saturated carbocycles. The largest absolute Gasteiger partial charge is 0.464 e. The first kappa shape index (κ1) is 24.1. The van der Waals surface area contributed by atoms with Crippen LogP contribution in [-0.2, 0) is 23.8 Å². The predicted molar refractivity (Wildman–Crippen MR) is 116 cm³/mol. The van der Waals surface area contributed by atoms with Gasteiger partial charge < -0.3 is 4.74 Å². The smallest absolute Gasteiger partial charge is 0.416 e. The van der Waals surface area contributed by atoms with E-state index in [9.17, 15) is 18.0 Å². The van der Waals surface area contributed by atoms with Gasteiger partial charge >= 0.3 is 12.1 Å². The molecular formula is C22H21BrF3NO2S. The molecule has 1 aromatic heterocycles. The molecule has 160 valence electrons. The number of nitrogens with zero attached hydrogens (tertiary/aromatic N) is 1. The first-order valence-corrected chi connectivity index (χ1v) is 10.7. The second-order valence-electron chi connectivity index (χ2n) is 6.41. The van der Waals surface area contributed by atoms with E-state index in [0.29, 0.717) is 10.6 Å². The second-order valence-corrected chi connectivity index (χ2v) is 8.27. The van der Waals surface area contributed by atoms with E-state index in [1.54, 1.807) is 6.92 Å². The molecule has 0 bridgehead atoms. The highest BCUT2D eigenvalue weighted by Gasteiger charge is 2.30. The van der Waals surface area contributed by atoms with E-state index in [-0.39, 0.29) is 12.1 Å². The summed E-state index contributed by atoms with van der Waals surface area (Å²) in [6, 6.07) is 12.0. The molecule has 0 amide bonds. The van der Waals surface area contributed by atoms with Crippen molar-refractivity contribution in [3.8, 4) is 0 Å². The summed E-state index contributed by atoms with van der Waals surface area (Å²) in [6.07, 6.45) is -3.01. The lowest BCUT2D eigenvalue weighted by atomic mass is 10.0. The van der Waals surface area contributed by atoms with E-state index in [1.807, 2.05) is 0 Å². The van der Waals surface area contributed by atoms with Crippen molar-refractivity contribution >= 4 is 33.2 Å². The Morgan fingerprint density at radius 3 is 2.40 bits per heavy atom.